The van der Waals surface area contributed by atoms with Gasteiger partial charge < -0.3 is 31.9 Å². The molecule has 11 heteroatoms. The highest BCUT2D eigenvalue weighted by Gasteiger charge is 2.53. The van der Waals surface area contributed by atoms with Gasteiger partial charge in [0.25, 0.3) is 0 Å². The summed E-state index contributed by atoms with van der Waals surface area (Å²) in [5.74, 6) is -1.65. The average molecular weight is 423 g/mol. The SMILES string of the molecule is CN(C)c1ccc(N)c(NCC2(Nc3cc(N(C)C)ccc3N)OS(=O)(=O)O2)c1. The summed E-state index contributed by atoms with van der Waals surface area (Å²) >= 11 is 0. The lowest BCUT2D eigenvalue weighted by atomic mass is 10.2. The molecule has 2 aromatic carbocycles. The predicted octanol–water partition coefficient (Wildman–Crippen LogP) is 1.45. The zero-order chi connectivity index (χ0) is 21.4. The van der Waals surface area contributed by atoms with Crippen molar-refractivity contribution < 1.29 is 16.8 Å². The van der Waals surface area contributed by atoms with Gasteiger partial charge >= 0.3 is 16.3 Å². The second kappa shape index (κ2) is 7.50. The van der Waals surface area contributed by atoms with E-state index < -0.39 is 16.3 Å². The minimum atomic E-state index is -4.08. The average Bonchev–Trinajstić information content (AvgIpc) is 2.60. The Morgan fingerprint density at radius 2 is 1.38 bits per heavy atom. The maximum absolute atomic E-state index is 11.6. The number of nitrogens with two attached hydrogens (primary N) is 2. The smallest absolute Gasteiger partial charge is 0.397 e. The molecule has 0 amide bonds. The van der Waals surface area contributed by atoms with Gasteiger partial charge in [0.2, 0.25) is 0 Å². The van der Waals surface area contributed by atoms with Crippen molar-refractivity contribution in [1.82, 2.24) is 0 Å². The number of rotatable bonds is 7. The summed E-state index contributed by atoms with van der Waals surface area (Å²) in [6.45, 7) is -0.0427. The number of hydrogen-bond donors (Lipinski definition) is 4. The van der Waals surface area contributed by atoms with Crippen LogP contribution in [-0.4, -0.2) is 49.1 Å². The highest BCUT2D eigenvalue weighted by atomic mass is 32.3. The van der Waals surface area contributed by atoms with Crippen LogP contribution < -0.4 is 31.9 Å². The first-order valence-electron chi connectivity index (χ1n) is 8.82. The van der Waals surface area contributed by atoms with Crippen molar-refractivity contribution in [3.8, 4) is 0 Å². The Morgan fingerprint density at radius 1 is 0.897 bits per heavy atom. The molecule has 6 N–H and O–H groups in total. The van der Waals surface area contributed by atoms with Gasteiger partial charge in [0.15, 0.2) is 0 Å². The quantitative estimate of drug-likeness (QED) is 0.486. The van der Waals surface area contributed by atoms with Crippen molar-refractivity contribution in [2.75, 3.05) is 66.6 Å². The van der Waals surface area contributed by atoms with Gasteiger partial charge in [-0.2, -0.15) is 16.8 Å². The number of hydrogen-bond acceptors (Lipinski definition) is 10. The fourth-order valence-corrected chi connectivity index (χ4v) is 3.68. The molecule has 0 aliphatic carbocycles. The van der Waals surface area contributed by atoms with Crippen molar-refractivity contribution >= 4 is 44.5 Å². The van der Waals surface area contributed by atoms with Crippen LogP contribution in [0.1, 0.15) is 0 Å². The second-order valence-corrected chi connectivity index (χ2v) is 8.29. The van der Waals surface area contributed by atoms with Crippen LogP contribution in [0.2, 0.25) is 0 Å². The monoisotopic (exact) mass is 422 g/mol. The summed E-state index contributed by atoms with van der Waals surface area (Å²) in [5, 5.41) is 6.04. The second-order valence-electron chi connectivity index (χ2n) is 7.14. The first-order valence-corrected chi connectivity index (χ1v) is 10.2. The molecular weight excluding hydrogens is 396 g/mol. The maximum Gasteiger partial charge on any atom is 0.408 e. The third kappa shape index (κ3) is 4.58. The lowest BCUT2D eigenvalue weighted by Crippen LogP contribution is -2.60. The number of nitrogens with one attached hydrogen (secondary N) is 2. The lowest BCUT2D eigenvalue weighted by molar-refractivity contribution is -0.153. The van der Waals surface area contributed by atoms with Crippen molar-refractivity contribution in [2.45, 2.75) is 5.91 Å². The minimum absolute atomic E-state index is 0.0427. The summed E-state index contributed by atoms with van der Waals surface area (Å²) in [5.41, 5.74) is 15.9. The fraction of sp³-hybridized carbons (Fsp3) is 0.333. The third-order valence-electron chi connectivity index (χ3n) is 4.42. The van der Waals surface area contributed by atoms with Crippen LogP contribution in [0.5, 0.6) is 0 Å². The molecular formula is C18H26N6O4S. The highest BCUT2D eigenvalue weighted by molar-refractivity contribution is 7.82. The van der Waals surface area contributed by atoms with Gasteiger partial charge in [-0.1, -0.05) is 0 Å². The Labute approximate surface area is 170 Å². The molecule has 1 aliphatic rings. The van der Waals surface area contributed by atoms with Crippen LogP contribution >= 0.6 is 0 Å². The Morgan fingerprint density at radius 3 is 1.86 bits per heavy atom. The van der Waals surface area contributed by atoms with Gasteiger partial charge in [-0.15, -0.1) is 0 Å². The normalized spacial score (nSPS) is 16.6. The molecule has 29 heavy (non-hydrogen) atoms. The Balaban J connectivity index is 1.84. The minimum Gasteiger partial charge on any atom is -0.397 e. The maximum atomic E-state index is 11.6. The molecule has 0 radical (unpaired) electrons. The first-order chi connectivity index (χ1) is 13.5. The number of nitrogen functional groups attached to an aromatic ring is 2. The van der Waals surface area contributed by atoms with Crippen LogP contribution in [0.25, 0.3) is 0 Å². The van der Waals surface area contributed by atoms with Gasteiger partial charge in [-0.3, -0.25) is 0 Å². The van der Waals surface area contributed by atoms with E-state index >= 15 is 0 Å². The summed E-state index contributed by atoms with van der Waals surface area (Å²) in [4.78, 5) is 3.81. The van der Waals surface area contributed by atoms with E-state index in [4.69, 9.17) is 19.8 Å². The van der Waals surface area contributed by atoms with E-state index in [1.807, 2.05) is 56.2 Å². The van der Waals surface area contributed by atoms with E-state index in [1.54, 1.807) is 18.2 Å². The largest absolute Gasteiger partial charge is 0.408 e. The molecule has 1 saturated heterocycles. The Bertz CT molecular complexity index is 997. The van der Waals surface area contributed by atoms with E-state index in [2.05, 4.69) is 10.6 Å². The van der Waals surface area contributed by atoms with Crippen molar-refractivity contribution in [2.24, 2.45) is 0 Å². The van der Waals surface area contributed by atoms with E-state index in [9.17, 15) is 8.42 Å². The van der Waals surface area contributed by atoms with Crippen LogP contribution in [0.4, 0.5) is 34.1 Å². The summed E-state index contributed by atoms with van der Waals surface area (Å²) in [6, 6.07) is 10.8. The third-order valence-corrected chi connectivity index (χ3v) is 5.36. The molecule has 1 aliphatic heterocycles. The predicted molar refractivity (Wildman–Crippen MR) is 116 cm³/mol. The first kappa shape index (κ1) is 20.8. The number of anilines is 6. The molecule has 1 heterocycles. The van der Waals surface area contributed by atoms with Gasteiger partial charge in [0.1, 0.15) is 0 Å². The van der Waals surface area contributed by atoms with Crippen molar-refractivity contribution in [3.05, 3.63) is 36.4 Å². The Hall–Kier alpha value is -2.89. The van der Waals surface area contributed by atoms with Gasteiger partial charge in [-0.05, 0) is 36.4 Å². The summed E-state index contributed by atoms with van der Waals surface area (Å²) in [6.07, 6.45) is 0. The molecule has 0 unspecified atom stereocenters. The topological polar surface area (TPSA) is 135 Å². The van der Waals surface area contributed by atoms with Gasteiger partial charge in [0.05, 0.1) is 29.3 Å². The Kier molecular flexibility index (Phi) is 5.39. The van der Waals surface area contributed by atoms with Crippen LogP contribution in [0.3, 0.4) is 0 Å². The molecule has 1 fully saturated rings. The molecule has 0 atom stereocenters. The molecule has 2 aromatic rings. The van der Waals surface area contributed by atoms with Crippen LogP contribution in [-0.2, 0) is 18.8 Å². The van der Waals surface area contributed by atoms with Crippen LogP contribution in [0.15, 0.2) is 36.4 Å². The standard InChI is InChI=1S/C18H26N6O4S/c1-23(2)12-5-7-14(19)16(9-12)21-11-18(27-29(25,26)28-18)22-17-10-13(24(3)4)6-8-15(17)20/h5-10,21-22H,11,19-20H2,1-4H3. The van der Waals surface area contributed by atoms with Crippen molar-refractivity contribution in [1.29, 1.82) is 0 Å². The van der Waals surface area contributed by atoms with Gasteiger partial charge in [0, 0.05) is 39.6 Å². The molecule has 0 spiro atoms. The highest BCUT2D eigenvalue weighted by Crippen LogP contribution is 2.36. The van der Waals surface area contributed by atoms with E-state index in [0.717, 1.165) is 11.4 Å². The molecule has 0 aromatic heterocycles. The molecule has 3 rings (SSSR count). The van der Waals surface area contributed by atoms with E-state index in [0.29, 0.717) is 22.7 Å². The summed E-state index contributed by atoms with van der Waals surface area (Å²) < 4.78 is 33.3. The molecule has 158 valence electrons. The summed E-state index contributed by atoms with van der Waals surface area (Å²) in [7, 11) is 3.50. The van der Waals surface area contributed by atoms with Gasteiger partial charge in [-0.25, -0.2) is 0 Å². The molecule has 0 bridgehead atoms. The lowest BCUT2D eigenvalue weighted by Gasteiger charge is -2.40. The van der Waals surface area contributed by atoms with E-state index in [-0.39, 0.29) is 6.54 Å². The van der Waals surface area contributed by atoms with Crippen LogP contribution in [0, 0.1) is 0 Å². The number of nitrogens with zero attached hydrogens (tertiary/aromatic N) is 2. The van der Waals surface area contributed by atoms with E-state index in [1.165, 1.54) is 0 Å². The zero-order valence-electron chi connectivity index (χ0n) is 16.8. The van der Waals surface area contributed by atoms with Crippen molar-refractivity contribution in [3.63, 3.8) is 0 Å². The molecule has 10 nitrogen and oxygen atoms in total. The molecule has 0 saturated carbocycles. The fourth-order valence-electron chi connectivity index (χ4n) is 2.80. The zero-order valence-corrected chi connectivity index (χ0v) is 17.6. The number of benzene rings is 2.